The van der Waals surface area contributed by atoms with Gasteiger partial charge in [0.15, 0.2) is 8.32 Å². The number of para-hydroxylation sites is 1. The number of carbonyl (C=O) groups excluding carboxylic acids is 2. The molecule has 1 aromatic rings. The maximum absolute atomic E-state index is 12.7. The molecule has 1 aliphatic heterocycles. The lowest BCUT2D eigenvalue weighted by Crippen LogP contribution is -2.48. The summed E-state index contributed by atoms with van der Waals surface area (Å²) in [5, 5.41) is 5.48. The highest BCUT2D eigenvalue weighted by atomic mass is 28.4. The maximum Gasteiger partial charge on any atom is 0.408 e. The average Bonchev–Trinajstić information content (AvgIpc) is 2.76. The van der Waals surface area contributed by atoms with E-state index in [1.165, 1.54) is 0 Å². The number of nitrogens with one attached hydrogen (secondary N) is 2. The van der Waals surface area contributed by atoms with Gasteiger partial charge in [-0.1, -0.05) is 38.7 Å². The van der Waals surface area contributed by atoms with Crippen molar-refractivity contribution in [1.29, 1.82) is 0 Å². The zero-order chi connectivity index (χ0) is 23.4. The van der Waals surface area contributed by atoms with Gasteiger partial charge in [0.05, 0.1) is 17.9 Å². The molecule has 0 aromatic heterocycles. The van der Waals surface area contributed by atoms with E-state index in [1.54, 1.807) is 26.8 Å². The van der Waals surface area contributed by atoms with Crippen LogP contribution < -0.4 is 15.4 Å². The van der Waals surface area contributed by atoms with E-state index in [0.717, 1.165) is 0 Å². The van der Waals surface area contributed by atoms with Crippen LogP contribution in [0.4, 0.5) is 10.5 Å². The Morgan fingerprint density at radius 2 is 1.94 bits per heavy atom. The molecule has 2 amide bonds. The molecule has 1 heterocycles. The van der Waals surface area contributed by atoms with Crippen LogP contribution in [-0.2, 0) is 14.0 Å². The first-order valence-corrected chi connectivity index (χ1v) is 13.3. The summed E-state index contributed by atoms with van der Waals surface area (Å²) in [6, 6.07) is 4.49. The van der Waals surface area contributed by atoms with E-state index in [2.05, 4.69) is 56.3 Å². The summed E-state index contributed by atoms with van der Waals surface area (Å²) >= 11 is 0. The van der Waals surface area contributed by atoms with Gasteiger partial charge in [-0.3, -0.25) is 4.79 Å². The van der Waals surface area contributed by atoms with Crippen molar-refractivity contribution in [3.63, 3.8) is 0 Å². The number of ether oxygens (including phenoxy) is 2. The first-order chi connectivity index (χ1) is 14.2. The van der Waals surface area contributed by atoms with Crippen LogP contribution in [0.15, 0.2) is 18.2 Å². The first kappa shape index (κ1) is 24.8. The van der Waals surface area contributed by atoms with Crippen molar-refractivity contribution in [2.24, 2.45) is 0 Å². The van der Waals surface area contributed by atoms with Crippen LogP contribution in [0.1, 0.15) is 47.1 Å². The van der Waals surface area contributed by atoms with Crippen LogP contribution in [0.25, 0.3) is 0 Å². The second-order valence-electron chi connectivity index (χ2n) is 10.0. The minimum Gasteiger partial charge on any atom is -0.489 e. The van der Waals surface area contributed by atoms with Crippen LogP contribution in [-0.4, -0.2) is 45.2 Å². The molecule has 0 bridgehead atoms. The van der Waals surface area contributed by atoms with Gasteiger partial charge in [0.25, 0.3) is 5.91 Å². The van der Waals surface area contributed by atoms with E-state index in [4.69, 9.17) is 13.9 Å². The number of alkyl carbamates (subject to hydrolysis) is 1. The Labute approximate surface area is 186 Å². The van der Waals surface area contributed by atoms with Gasteiger partial charge >= 0.3 is 6.09 Å². The molecule has 7 nitrogen and oxygen atoms in total. The Morgan fingerprint density at radius 1 is 1.26 bits per heavy atom. The minimum absolute atomic E-state index is 0.0105. The number of hydrogen-bond donors (Lipinski definition) is 2. The molecule has 2 rings (SSSR count). The molecular formula is C23H34N2O5Si. The quantitative estimate of drug-likeness (QED) is 0.535. The van der Waals surface area contributed by atoms with Gasteiger partial charge in [-0.2, -0.15) is 0 Å². The lowest BCUT2D eigenvalue weighted by molar-refractivity contribution is -0.118. The molecule has 8 heteroatoms. The van der Waals surface area contributed by atoms with Gasteiger partial charge in [0.1, 0.15) is 24.0 Å². The monoisotopic (exact) mass is 446 g/mol. The Hall–Kier alpha value is -2.50. The predicted octanol–water partition coefficient (Wildman–Crippen LogP) is 4.28. The lowest BCUT2D eigenvalue weighted by Gasteiger charge is -2.35. The summed E-state index contributed by atoms with van der Waals surface area (Å²) in [6.07, 6.45) is -0.676. The van der Waals surface area contributed by atoms with Gasteiger partial charge in [-0.05, 0) is 51.0 Å². The van der Waals surface area contributed by atoms with Crippen LogP contribution >= 0.6 is 0 Å². The van der Waals surface area contributed by atoms with Gasteiger partial charge in [-0.25, -0.2) is 4.79 Å². The smallest absolute Gasteiger partial charge is 0.408 e. The largest absolute Gasteiger partial charge is 0.489 e. The summed E-state index contributed by atoms with van der Waals surface area (Å²) < 4.78 is 17.1. The number of fused-ring (bicyclic) bond motifs is 1. The van der Waals surface area contributed by atoms with Crippen LogP contribution in [0.5, 0.6) is 5.75 Å². The Bertz CT molecular complexity index is 888. The standard InChI is InChI=1S/C23H34N2O5Si/c1-22(2,3)30-21(27)24-17-15-28-18-13-9-11-16(19(18)25-20(17)26)12-10-14-29-31(7,8)23(4,5)6/h9,11,13,17H,14-15H2,1-8H3,(H,24,27)(H,25,26)/t17-/m0/s1. The number of carbonyl (C=O) groups is 2. The number of amides is 2. The molecule has 0 unspecified atom stereocenters. The van der Waals surface area contributed by atoms with Crippen molar-refractivity contribution < 1.29 is 23.5 Å². The highest BCUT2D eigenvalue weighted by molar-refractivity contribution is 6.74. The number of anilines is 1. The predicted molar refractivity (Wildman–Crippen MR) is 124 cm³/mol. The fourth-order valence-electron chi connectivity index (χ4n) is 2.46. The van der Waals surface area contributed by atoms with E-state index in [-0.39, 0.29) is 11.6 Å². The summed E-state index contributed by atoms with van der Waals surface area (Å²) in [7, 11) is -1.88. The molecule has 1 aromatic carbocycles. The molecule has 0 saturated carbocycles. The third-order valence-electron chi connectivity index (χ3n) is 5.22. The Kier molecular flexibility index (Phi) is 7.45. The second kappa shape index (κ2) is 9.33. The zero-order valence-corrected chi connectivity index (χ0v) is 20.8. The fourth-order valence-corrected chi connectivity index (χ4v) is 3.33. The Morgan fingerprint density at radius 3 is 2.55 bits per heavy atom. The highest BCUT2D eigenvalue weighted by Crippen LogP contribution is 2.36. The third-order valence-corrected chi connectivity index (χ3v) is 9.70. The molecule has 2 N–H and O–H groups in total. The summed E-state index contributed by atoms with van der Waals surface area (Å²) in [5.74, 6) is 6.23. The van der Waals surface area contributed by atoms with Crippen LogP contribution in [0.3, 0.4) is 0 Å². The van der Waals surface area contributed by atoms with Crippen molar-refractivity contribution in [3.8, 4) is 17.6 Å². The number of hydrogen-bond acceptors (Lipinski definition) is 5. The molecular weight excluding hydrogens is 412 g/mol. The van der Waals surface area contributed by atoms with E-state index in [9.17, 15) is 9.59 Å². The highest BCUT2D eigenvalue weighted by Gasteiger charge is 2.36. The molecule has 1 atom stereocenters. The SMILES string of the molecule is CC(C)(C)OC(=O)N[C@H]1COc2cccc(C#CCO[Si](C)(C)C(C)(C)C)c2NC1=O. The molecule has 170 valence electrons. The topological polar surface area (TPSA) is 85.9 Å². The molecule has 0 fully saturated rings. The van der Waals surface area contributed by atoms with Gasteiger partial charge < -0.3 is 24.5 Å². The van der Waals surface area contributed by atoms with Crippen molar-refractivity contribution in [1.82, 2.24) is 5.32 Å². The van der Waals surface area contributed by atoms with Crippen molar-refractivity contribution in [2.75, 3.05) is 18.5 Å². The molecule has 31 heavy (non-hydrogen) atoms. The normalized spacial score (nSPS) is 16.6. The molecule has 0 aliphatic carbocycles. The third kappa shape index (κ3) is 7.01. The minimum atomic E-state index is -1.88. The molecule has 0 radical (unpaired) electrons. The Balaban J connectivity index is 2.10. The van der Waals surface area contributed by atoms with Gasteiger partial charge in [0, 0.05) is 0 Å². The second-order valence-corrected chi connectivity index (χ2v) is 14.8. The zero-order valence-electron chi connectivity index (χ0n) is 19.8. The van der Waals surface area contributed by atoms with Gasteiger partial charge in [-0.15, -0.1) is 0 Å². The molecule has 1 aliphatic rings. The summed E-state index contributed by atoms with van der Waals surface area (Å²) in [4.78, 5) is 24.7. The average molecular weight is 447 g/mol. The van der Waals surface area contributed by atoms with E-state index in [0.29, 0.717) is 23.6 Å². The fraction of sp³-hybridized carbons (Fsp3) is 0.565. The van der Waals surface area contributed by atoms with Crippen molar-refractivity contribution in [2.45, 2.75) is 71.3 Å². The van der Waals surface area contributed by atoms with E-state index >= 15 is 0 Å². The summed E-state index contributed by atoms with van der Waals surface area (Å²) in [6.45, 7) is 16.5. The maximum atomic E-state index is 12.7. The van der Waals surface area contributed by atoms with E-state index in [1.807, 2.05) is 12.1 Å². The molecule has 0 saturated heterocycles. The summed E-state index contributed by atoms with van der Waals surface area (Å²) in [5.41, 5.74) is 0.452. The van der Waals surface area contributed by atoms with E-state index < -0.39 is 32.0 Å². The first-order valence-electron chi connectivity index (χ1n) is 10.4. The lowest BCUT2D eigenvalue weighted by atomic mass is 10.1. The molecule has 0 spiro atoms. The van der Waals surface area contributed by atoms with Gasteiger partial charge in [0.2, 0.25) is 0 Å². The number of rotatable bonds is 3. The van der Waals surface area contributed by atoms with Crippen LogP contribution in [0, 0.1) is 11.8 Å². The van der Waals surface area contributed by atoms with Crippen LogP contribution in [0.2, 0.25) is 18.1 Å². The number of benzene rings is 1. The van der Waals surface area contributed by atoms with Crippen molar-refractivity contribution in [3.05, 3.63) is 23.8 Å². The van der Waals surface area contributed by atoms with Crippen molar-refractivity contribution >= 4 is 26.0 Å².